The molecule has 1 saturated carbocycles. The fourth-order valence-electron chi connectivity index (χ4n) is 2.61. The first-order valence-corrected chi connectivity index (χ1v) is 6.95. The summed E-state index contributed by atoms with van der Waals surface area (Å²) in [6, 6.07) is 4.07. The van der Waals surface area contributed by atoms with Crippen molar-refractivity contribution in [1.82, 2.24) is 0 Å². The van der Waals surface area contributed by atoms with Crippen molar-refractivity contribution < 1.29 is 0 Å². The van der Waals surface area contributed by atoms with Crippen molar-refractivity contribution >= 4 is 27.5 Å². The van der Waals surface area contributed by atoms with Crippen LogP contribution in [0.3, 0.4) is 0 Å². The highest BCUT2D eigenvalue weighted by Gasteiger charge is 2.31. The monoisotopic (exact) mass is 301 g/mol. The molecule has 1 nitrogen and oxygen atoms in total. The van der Waals surface area contributed by atoms with Gasteiger partial charge in [0.1, 0.15) is 0 Å². The minimum atomic E-state index is -0.171. The summed E-state index contributed by atoms with van der Waals surface area (Å²) >= 11 is 9.71. The minimum Gasteiger partial charge on any atom is -0.321 e. The first-order valence-electron chi connectivity index (χ1n) is 5.78. The molecule has 88 valence electrons. The first-order chi connectivity index (χ1) is 7.53. The highest BCUT2D eigenvalue weighted by molar-refractivity contribution is 9.10. The van der Waals surface area contributed by atoms with Gasteiger partial charge in [-0.2, -0.15) is 0 Å². The van der Waals surface area contributed by atoms with Gasteiger partial charge in [0.15, 0.2) is 0 Å². The van der Waals surface area contributed by atoms with Crippen LogP contribution in [-0.2, 0) is 5.54 Å². The maximum atomic E-state index is 6.54. The summed E-state index contributed by atoms with van der Waals surface area (Å²) in [5.41, 5.74) is 8.72. The Hall–Kier alpha value is -0.0500. The maximum absolute atomic E-state index is 6.54. The van der Waals surface area contributed by atoms with Gasteiger partial charge in [-0.3, -0.25) is 0 Å². The van der Waals surface area contributed by atoms with Gasteiger partial charge in [0.2, 0.25) is 0 Å². The Labute approximate surface area is 110 Å². The molecule has 0 atom stereocenters. The zero-order chi connectivity index (χ0) is 11.8. The Kier molecular flexibility index (Phi) is 3.62. The van der Waals surface area contributed by atoms with Crippen LogP contribution in [0.4, 0.5) is 0 Å². The van der Waals surface area contributed by atoms with Crippen molar-refractivity contribution in [2.75, 3.05) is 0 Å². The molecular weight excluding hydrogens is 286 g/mol. The van der Waals surface area contributed by atoms with Crippen LogP contribution in [0.1, 0.15) is 43.2 Å². The summed E-state index contributed by atoms with van der Waals surface area (Å²) < 4.78 is 1.02. The predicted molar refractivity (Wildman–Crippen MR) is 72.8 cm³/mol. The van der Waals surface area contributed by atoms with Gasteiger partial charge in [-0.15, -0.1) is 0 Å². The quantitative estimate of drug-likeness (QED) is 0.810. The molecule has 1 aromatic rings. The molecule has 0 bridgehead atoms. The zero-order valence-corrected chi connectivity index (χ0v) is 11.9. The molecular formula is C13H17BrClN. The van der Waals surface area contributed by atoms with Crippen LogP contribution in [0, 0.1) is 6.92 Å². The number of hydrogen-bond donors (Lipinski definition) is 1. The van der Waals surface area contributed by atoms with Gasteiger partial charge in [-0.25, -0.2) is 0 Å². The van der Waals surface area contributed by atoms with Crippen molar-refractivity contribution in [2.24, 2.45) is 5.73 Å². The van der Waals surface area contributed by atoms with Gasteiger partial charge in [0.25, 0.3) is 0 Å². The fourth-order valence-corrected chi connectivity index (χ4v) is 3.42. The largest absolute Gasteiger partial charge is 0.321 e. The van der Waals surface area contributed by atoms with Gasteiger partial charge < -0.3 is 5.73 Å². The van der Waals surface area contributed by atoms with E-state index in [1.165, 1.54) is 24.8 Å². The summed E-state index contributed by atoms with van der Waals surface area (Å²) in [6.07, 6.45) is 5.89. The van der Waals surface area contributed by atoms with E-state index in [-0.39, 0.29) is 5.54 Å². The van der Waals surface area contributed by atoms with Crippen LogP contribution in [0.15, 0.2) is 16.6 Å². The summed E-state index contributed by atoms with van der Waals surface area (Å²) in [6.45, 7) is 2.06. The molecule has 2 rings (SSSR count). The zero-order valence-electron chi connectivity index (χ0n) is 9.52. The van der Waals surface area contributed by atoms with Crippen molar-refractivity contribution in [3.63, 3.8) is 0 Å². The molecule has 3 heteroatoms. The second kappa shape index (κ2) is 4.67. The molecule has 1 aromatic carbocycles. The lowest BCUT2D eigenvalue weighted by Crippen LogP contribution is -2.39. The molecule has 0 heterocycles. The highest BCUT2D eigenvalue weighted by atomic mass is 79.9. The number of halogens is 2. The minimum absolute atomic E-state index is 0.171. The molecule has 1 aliphatic carbocycles. The van der Waals surface area contributed by atoms with Gasteiger partial charge in [0.05, 0.1) is 0 Å². The van der Waals surface area contributed by atoms with Gasteiger partial charge in [-0.05, 0) is 43.0 Å². The molecule has 0 amide bonds. The van der Waals surface area contributed by atoms with E-state index < -0.39 is 0 Å². The van der Waals surface area contributed by atoms with Crippen LogP contribution in [-0.4, -0.2) is 0 Å². The first kappa shape index (κ1) is 12.4. The van der Waals surface area contributed by atoms with Gasteiger partial charge >= 0.3 is 0 Å². The second-order valence-electron chi connectivity index (χ2n) is 4.78. The Morgan fingerprint density at radius 1 is 1.25 bits per heavy atom. The lowest BCUT2D eigenvalue weighted by atomic mass is 9.76. The third-order valence-electron chi connectivity index (χ3n) is 3.59. The molecule has 0 radical (unpaired) electrons. The molecule has 16 heavy (non-hydrogen) atoms. The van der Waals surface area contributed by atoms with Crippen LogP contribution in [0.25, 0.3) is 0 Å². The maximum Gasteiger partial charge on any atom is 0.0449 e. The second-order valence-corrected chi connectivity index (χ2v) is 6.10. The topological polar surface area (TPSA) is 26.0 Å². The normalized spacial score (nSPS) is 19.8. The lowest BCUT2D eigenvalue weighted by molar-refractivity contribution is 0.301. The SMILES string of the molecule is Cc1c(Cl)cc(Br)cc1C1(N)CCCCC1. The van der Waals surface area contributed by atoms with Crippen molar-refractivity contribution in [1.29, 1.82) is 0 Å². The molecule has 1 fully saturated rings. The number of benzene rings is 1. The smallest absolute Gasteiger partial charge is 0.0449 e. The van der Waals surface area contributed by atoms with Crippen molar-refractivity contribution in [2.45, 2.75) is 44.6 Å². The Balaban J connectivity index is 2.45. The number of hydrogen-bond acceptors (Lipinski definition) is 1. The van der Waals surface area contributed by atoms with Crippen molar-refractivity contribution in [3.05, 3.63) is 32.8 Å². The molecule has 0 saturated heterocycles. The van der Waals surface area contributed by atoms with Crippen LogP contribution in [0.2, 0.25) is 5.02 Å². The average molecular weight is 303 g/mol. The molecule has 0 aliphatic heterocycles. The van der Waals surface area contributed by atoms with E-state index in [0.29, 0.717) is 0 Å². The third kappa shape index (κ3) is 2.29. The van der Waals surface area contributed by atoms with Crippen molar-refractivity contribution in [3.8, 4) is 0 Å². The number of nitrogens with two attached hydrogens (primary N) is 1. The molecule has 1 aliphatic rings. The van der Waals surface area contributed by atoms with E-state index >= 15 is 0 Å². The lowest BCUT2D eigenvalue weighted by Gasteiger charge is -2.35. The summed E-state index contributed by atoms with van der Waals surface area (Å²) in [4.78, 5) is 0. The summed E-state index contributed by atoms with van der Waals surface area (Å²) in [5.74, 6) is 0. The molecule has 2 N–H and O–H groups in total. The standard InChI is InChI=1S/C13H17BrClN/c1-9-11(7-10(14)8-12(9)15)13(16)5-3-2-4-6-13/h7-8H,2-6,16H2,1H3. The van der Waals surface area contributed by atoms with E-state index in [1.807, 2.05) is 6.07 Å². The Morgan fingerprint density at radius 3 is 2.50 bits per heavy atom. The van der Waals surface area contributed by atoms with Gasteiger partial charge in [-0.1, -0.05) is 46.8 Å². The summed E-state index contributed by atoms with van der Waals surface area (Å²) in [7, 11) is 0. The molecule has 0 spiro atoms. The number of rotatable bonds is 1. The Bertz CT molecular complexity index is 397. The Morgan fingerprint density at radius 2 is 1.88 bits per heavy atom. The van der Waals surface area contributed by atoms with Crippen LogP contribution in [0.5, 0.6) is 0 Å². The predicted octanol–water partition coefficient (Wildman–Crippen LogP) is 4.53. The van der Waals surface area contributed by atoms with E-state index in [9.17, 15) is 0 Å². The fraction of sp³-hybridized carbons (Fsp3) is 0.538. The van der Waals surface area contributed by atoms with Crippen LogP contribution >= 0.6 is 27.5 Å². The third-order valence-corrected chi connectivity index (χ3v) is 4.44. The van der Waals surface area contributed by atoms with E-state index in [1.54, 1.807) is 0 Å². The molecule has 0 unspecified atom stereocenters. The van der Waals surface area contributed by atoms with E-state index in [4.69, 9.17) is 17.3 Å². The molecule has 0 aromatic heterocycles. The van der Waals surface area contributed by atoms with Crippen LogP contribution < -0.4 is 5.73 Å². The average Bonchev–Trinajstić information content (AvgIpc) is 2.24. The highest BCUT2D eigenvalue weighted by Crippen LogP contribution is 2.39. The van der Waals surface area contributed by atoms with Gasteiger partial charge in [0, 0.05) is 15.0 Å². The summed E-state index contributed by atoms with van der Waals surface area (Å²) in [5, 5.41) is 0.805. The van der Waals surface area contributed by atoms with E-state index in [2.05, 4.69) is 28.9 Å². The van der Waals surface area contributed by atoms with E-state index in [0.717, 1.165) is 27.9 Å².